The van der Waals surface area contributed by atoms with Crippen LogP contribution in [0.15, 0.2) is 30.3 Å². The van der Waals surface area contributed by atoms with Crippen LogP contribution in [0.2, 0.25) is 0 Å². The second kappa shape index (κ2) is 4.98. The monoisotopic (exact) mass is 218 g/mol. The van der Waals surface area contributed by atoms with Gasteiger partial charge in [0.1, 0.15) is 0 Å². The summed E-state index contributed by atoms with van der Waals surface area (Å²) in [7, 11) is 4.32. The maximum Gasteiger partial charge on any atom is 0.0347 e. The standard InChI is InChI=1S/C14H22N2/c1-15-14(9-6-10-16(2)12-14)11-13-7-4-3-5-8-13/h3-5,7-8,15H,6,9-12H2,1-2H3. The highest BCUT2D eigenvalue weighted by Gasteiger charge is 2.32. The molecule has 1 aromatic carbocycles. The Morgan fingerprint density at radius 3 is 2.69 bits per heavy atom. The van der Waals surface area contributed by atoms with Gasteiger partial charge < -0.3 is 10.2 Å². The van der Waals surface area contributed by atoms with Crippen molar-refractivity contribution >= 4 is 0 Å². The first-order valence-electron chi connectivity index (χ1n) is 6.15. The van der Waals surface area contributed by atoms with E-state index < -0.39 is 0 Å². The summed E-state index contributed by atoms with van der Waals surface area (Å²) in [5.41, 5.74) is 1.71. The van der Waals surface area contributed by atoms with Crippen LogP contribution in [0.4, 0.5) is 0 Å². The number of hydrogen-bond donors (Lipinski definition) is 1. The van der Waals surface area contributed by atoms with Gasteiger partial charge in [0.15, 0.2) is 0 Å². The van der Waals surface area contributed by atoms with Crippen LogP contribution >= 0.6 is 0 Å². The maximum atomic E-state index is 3.55. The molecular formula is C14H22N2. The minimum atomic E-state index is 0.272. The van der Waals surface area contributed by atoms with Gasteiger partial charge in [0.25, 0.3) is 0 Å². The van der Waals surface area contributed by atoms with E-state index in [0.717, 1.165) is 13.0 Å². The number of nitrogens with zero attached hydrogens (tertiary/aromatic N) is 1. The van der Waals surface area contributed by atoms with E-state index in [9.17, 15) is 0 Å². The van der Waals surface area contributed by atoms with Crippen LogP contribution in [0.25, 0.3) is 0 Å². The van der Waals surface area contributed by atoms with Crippen molar-refractivity contribution in [1.82, 2.24) is 10.2 Å². The molecule has 88 valence electrons. The number of likely N-dealkylation sites (tertiary alicyclic amines) is 1. The van der Waals surface area contributed by atoms with Gasteiger partial charge in [-0.05, 0) is 45.5 Å². The molecule has 2 rings (SSSR count). The zero-order valence-corrected chi connectivity index (χ0v) is 10.4. The van der Waals surface area contributed by atoms with Gasteiger partial charge in [-0.3, -0.25) is 0 Å². The van der Waals surface area contributed by atoms with Crippen molar-refractivity contribution in [3.63, 3.8) is 0 Å². The van der Waals surface area contributed by atoms with Crippen LogP contribution in [-0.2, 0) is 6.42 Å². The van der Waals surface area contributed by atoms with Crippen molar-refractivity contribution < 1.29 is 0 Å². The smallest absolute Gasteiger partial charge is 0.0347 e. The zero-order valence-electron chi connectivity index (χ0n) is 10.4. The molecule has 1 aliphatic rings. The predicted molar refractivity (Wildman–Crippen MR) is 68.7 cm³/mol. The molecule has 1 atom stereocenters. The Kier molecular flexibility index (Phi) is 3.62. The van der Waals surface area contributed by atoms with Gasteiger partial charge in [-0.2, -0.15) is 0 Å². The molecule has 2 heteroatoms. The van der Waals surface area contributed by atoms with Gasteiger partial charge in [-0.25, -0.2) is 0 Å². The Hall–Kier alpha value is -0.860. The van der Waals surface area contributed by atoms with Gasteiger partial charge in [0.2, 0.25) is 0 Å². The fourth-order valence-electron chi connectivity index (χ4n) is 2.79. The van der Waals surface area contributed by atoms with Crippen molar-refractivity contribution in [2.75, 3.05) is 27.2 Å². The molecule has 0 spiro atoms. The van der Waals surface area contributed by atoms with Gasteiger partial charge in [-0.1, -0.05) is 30.3 Å². The Bertz CT molecular complexity index is 323. The first-order chi connectivity index (χ1) is 7.74. The minimum absolute atomic E-state index is 0.272. The molecule has 0 aliphatic carbocycles. The molecular weight excluding hydrogens is 196 g/mol. The lowest BCUT2D eigenvalue weighted by Gasteiger charge is -2.41. The van der Waals surface area contributed by atoms with Crippen LogP contribution in [0.5, 0.6) is 0 Å². The highest BCUT2D eigenvalue weighted by molar-refractivity contribution is 5.18. The Morgan fingerprint density at radius 2 is 2.06 bits per heavy atom. The average Bonchev–Trinajstić information content (AvgIpc) is 2.30. The number of piperidine rings is 1. The SMILES string of the molecule is CNC1(Cc2ccccc2)CCCN(C)C1. The molecule has 2 nitrogen and oxygen atoms in total. The summed E-state index contributed by atoms with van der Waals surface area (Å²) in [6.45, 7) is 2.39. The molecule has 0 saturated carbocycles. The summed E-state index contributed by atoms with van der Waals surface area (Å²) in [6.07, 6.45) is 3.71. The van der Waals surface area contributed by atoms with E-state index >= 15 is 0 Å². The molecule has 0 radical (unpaired) electrons. The summed E-state index contributed by atoms with van der Waals surface area (Å²) in [5, 5.41) is 3.55. The normalized spacial score (nSPS) is 26.9. The summed E-state index contributed by atoms with van der Waals surface area (Å²) < 4.78 is 0. The summed E-state index contributed by atoms with van der Waals surface area (Å²) in [4.78, 5) is 2.43. The van der Waals surface area contributed by atoms with E-state index in [1.807, 2.05) is 0 Å². The fourth-order valence-corrected chi connectivity index (χ4v) is 2.79. The predicted octanol–water partition coefficient (Wildman–Crippen LogP) is 1.91. The van der Waals surface area contributed by atoms with Crippen LogP contribution in [0, 0.1) is 0 Å². The van der Waals surface area contributed by atoms with Gasteiger partial charge in [-0.15, -0.1) is 0 Å². The fraction of sp³-hybridized carbons (Fsp3) is 0.571. The molecule has 1 aliphatic heterocycles. The van der Waals surface area contributed by atoms with Crippen molar-refractivity contribution in [2.45, 2.75) is 24.8 Å². The van der Waals surface area contributed by atoms with E-state index in [0.29, 0.717) is 0 Å². The van der Waals surface area contributed by atoms with Crippen LogP contribution in [0.3, 0.4) is 0 Å². The van der Waals surface area contributed by atoms with Crippen LogP contribution in [0.1, 0.15) is 18.4 Å². The first kappa shape index (κ1) is 11.6. The van der Waals surface area contributed by atoms with Gasteiger partial charge in [0, 0.05) is 12.1 Å². The number of likely N-dealkylation sites (N-methyl/N-ethyl adjacent to an activating group) is 2. The quantitative estimate of drug-likeness (QED) is 0.834. The van der Waals surface area contributed by atoms with Gasteiger partial charge >= 0.3 is 0 Å². The van der Waals surface area contributed by atoms with Gasteiger partial charge in [0.05, 0.1) is 0 Å². The third-order valence-electron chi connectivity index (χ3n) is 3.68. The lowest BCUT2D eigenvalue weighted by Crippen LogP contribution is -2.56. The molecule has 1 aromatic rings. The average molecular weight is 218 g/mol. The van der Waals surface area contributed by atoms with Crippen molar-refractivity contribution in [3.05, 3.63) is 35.9 Å². The summed E-state index contributed by atoms with van der Waals surface area (Å²) >= 11 is 0. The Labute approximate surface area is 98.7 Å². The van der Waals surface area contributed by atoms with E-state index in [1.165, 1.54) is 24.9 Å². The van der Waals surface area contributed by atoms with E-state index in [1.54, 1.807) is 0 Å². The molecule has 0 amide bonds. The molecule has 1 fully saturated rings. The van der Waals surface area contributed by atoms with E-state index in [4.69, 9.17) is 0 Å². The van der Waals surface area contributed by atoms with Crippen LogP contribution in [-0.4, -0.2) is 37.6 Å². The maximum absolute atomic E-state index is 3.55. The summed E-state index contributed by atoms with van der Waals surface area (Å²) in [5.74, 6) is 0. The van der Waals surface area contributed by atoms with Crippen molar-refractivity contribution in [3.8, 4) is 0 Å². The third-order valence-corrected chi connectivity index (χ3v) is 3.68. The molecule has 0 aromatic heterocycles. The zero-order chi connectivity index (χ0) is 11.4. The lowest BCUT2D eigenvalue weighted by atomic mass is 9.83. The van der Waals surface area contributed by atoms with E-state index in [-0.39, 0.29) is 5.54 Å². The second-order valence-electron chi connectivity index (χ2n) is 5.03. The molecule has 16 heavy (non-hydrogen) atoms. The molecule has 0 bridgehead atoms. The Balaban J connectivity index is 2.10. The summed E-state index contributed by atoms with van der Waals surface area (Å²) in [6, 6.07) is 10.8. The number of hydrogen-bond acceptors (Lipinski definition) is 2. The highest BCUT2D eigenvalue weighted by Crippen LogP contribution is 2.24. The molecule has 1 N–H and O–H groups in total. The Morgan fingerprint density at radius 1 is 1.31 bits per heavy atom. The largest absolute Gasteiger partial charge is 0.313 e. The topological polar surface area (TPSA) is 15.3 Å². The number of rotatable bonds is 3. The second-order valence-corrected chi connectivity index (χ2v) is 5.03. The van der Waals surface area contributed by atoms with Crippen LogP contribution < -0.4 is 5.32 Å². The first-order valence-corrected chi connectivity index (χ1v) is 6.15. The molecule has 1 heterocycles. The number of benzene rings is 1. The van der Waals surface area contributed by atoms with Crippen molar-refractivity contribution in [2.24, 2.45) is 0 Å². The van der Waals surface area contributed by atoms with Crippen molar-refractivity contribution in [1.29, 1.82) is 0 Å². The van der Waals surface area contributed by atoms with E-state index in [2.05, 4.69) is 54.6 Å². The molecule has 1 unspecified atom stereocenters. The highest BCUT2D eigenvalue weighted by atomic mass is 15.2. The minimum Gasteiger partial charge on any atom is -0.313 e. The molecule has 1 saturated heterocycles. The third kappa shape index (κ3) is 2.63. The lowest BCUT2D eigenvalue weighted by molar-refractivity contribution is 0.151. The number of nitrogens with one attached hydrogen (secondary N) is 1.